The van der Waals surface area contributed by atoms with Crippen LogP contribution in [0, 0.1) is 0 Å². The van der Waals surface area contributed by atoms with E-state index >= 15 is 0 Å². The van der Waals surface area contributed by atoms with Gasteiger partial charge in [-0.2, -0.15) is 0 Å². The Morgan fingerprint density at radius 3 is 2.52 bits per heavy atom. The molecule has 1 aliphatic carbocycles. The van der Waals surface area contributed by atoms with Crippen molar-refractivity contribution in [1.82, 2.24) is 5.32 Å². The number of allylic oxidation sites excluding steroid dienone is 3. The summed E-state index contributed by atoms with van der Waals surface area (Å²) in [4.78, 5) is 26.4. The van der Waals surface area contributed by atoms with E-state index in [1.165, 1.54) is 0 Å². The van der Waals surface area contributed by atoms with Crippen molar-refractivity contribution in [2.24, 2.45) is 0 Å². The average Bonchev–Trinajstić information content (AvgIpc) is 2.83. The van der Waals surface area contributed by atoms with E-state index in [1.54, 1.807) is 20.3 Å². The second kappa shape index (κ2) is 9.94. The van der Waals surface area contributed by atoms with Crippen LogP contribution in [0.1, 0.15) is 43.2 Å². The van der Waals surface area contributed by atoms with Gasteiger partial charge in [0.15, 0.2) is 17.3 Å². The predicted molar refractivity (Wildman–Crippen MR) is 125 cm³/mol. The van der Waals surface area contributed by atoms with Crippen LogP contribution in [0.5, 0.6) is 11.5 Å². The Labute approximate surface area is 194 Å². The van der Waals surface area contributed by atoms with E-state index in [9.17, 15) is 9.59 Å². The molecule has 0 radical (unpaired) electrons. The lowest BCUT2D eigenvalue weighted by atomic mass is 9.75. The van der Waals surface area contributed by atoms with E-state index < -0.39 is 11.9 Å². The number of esters is 1. The summed E-state index contributed by atoms with van der Waals surface area (Å²) in [6.07, 6.45) is 2.67. The van der Waals surface area contributed by atoms with Gasteiger partial charge in [-0.3, -0.25) is 4.79 Å². The van der Waals surface area contributed by atoms with Gasteiger partial charge in [0, 0.05) is 35.7 Å². The van der Waals surface area contributed by atoms with Crippen molar-refractivity contribution in [3.05, 3.63) is 82.2 Å². The van der Waals surface area contributed by atoms with Gasteiger partial charge in [0.05, 0.1) is 26.4 Å². The lowest BCUT2D eigenvalue weighted by Crippen LogP contribution is -2.34. The molecular weight excluding hydrogens is 418 g/mol. The lowest BCUT2D eigenvalue weighted by molar-refractivity contribution is -0.139. The monoisotopic (exact) mass is 447 g/mol. The highest BCUT2D eigenvalue weighted by Crippen LogP contribution is 2.44. The Hall–Kier alpha value is -3.54. The summed E-state index contributed by atoms with van der Waals surface area (Å²) < 4.78 is 16.6. The van der Waals surface area contributed by atoms with E-state index in [0.29, 0.717) is 41.2 Å². The third-order valence-electron chi connectivity index (χ3n) is 6.20. The Kier molecular flexibility index (Phi) is 6.82. The molecule has 1 N–H and O–H groups in total. The molecule has 2 aromatic rings. The third kappa shape index (κ3) is 4.65. The molecule has 172 valence electrons. The van der Waals surface area contributed by atoms with Crippen molar-refractivity contribution in [3.8, 4) is 11.5 Å². The fourth-order valence-electron chi connectivity index (χ4n) is 4.60. The number of carbonyl (C=O) groups excluding carboxylic acids is 2. The quantitative estimate of drug-likeness (QED) is 0.632. The number of carbonyl (C=O) groups is 2. The maximum atomic E-state index is 13.3. The molecule has 1 heterocycles. The number of hydrogen-bond donors (Lipinski definition) is 1. The maximum Gasteiger partial charge on any atom is 0.336 e. The topological polar surface area (TPSA) is 73.9 Å². The number of methoxy groups -OCH3 is 2. The predicted octanol–water partition coefficient (Wildman–Crippen LogP) is 4.46. The molecule has 2 aliphatic rings. The summed E-state index contributed by atoms with van der Waals surface area (Å²) >= 11 is 0. The van der Waals surface area contributed by atoms with Gasteiger partial charge in [0.1, 0.15) is 0 Å². The van der Waals surface area contributed by atoms with Crippen LogP contribution in [0.2, 0.25) is 0 Å². The van der Waals surface area contributed by atoms with Gasteiger partial charge in [0.25, 0.3) is 0 Å². The van der Waals surface area contributed by atoms with Crippen LogP contribution in [-0.2, 0) is 20.7 Å². The average molecular weight is 448 g/mol. The van der Waals surface area contributed by atoms with Gasteiger partial charge in [-0.1, -0.05) is 36.4 Å². The molecule has 6 nitrogen and oxygen atoms in total. The molecular formula is C27H29NO5. The second-order valence-corrected chi connectivity index (χ2v) is 8.25. The Bertz CT molecular complexity index is 1120. The largest absolute Gasteiger partial charge is 0.493 e. The molecule has 0 spiro atoms. The minimum absolute atomic E-state index is 0.0608. The Morgan fingerprint density at radius 2 is 1.79 bits per heavy atom. The molecule has 33 heavy (non-hydrogen) atoms. The number of hydrogen-bond acceptors (Lipinski definition) is 6. The molecule has 0 amide bonds. The summed E-state index contributed by atoms with van der Waals surface area (Å²) in [5.74, 6) is 0.268. The summed E-state index contributed by atoms with van der Waals surface area (Å²) in [5, 5.41) is 3.32. The number of benzene rings is 2. The minimum atomic E-state index is -0.516. The molecule has 0 aromatic heterocycles. The second-order valence-electron chi connectivity index (χ2n) is 8.25. The van der Waals surface area contributed by atoms with Crippen LogP contribution >= 0.6 is 0 Å². The van der Waals surface area contributed by atoms with E-state index in [-0.39, 0.29) is 12.4 Å². The summed E-state index contributed by atoms with van der Waals surface area (Å²) in [6.45, 7) is 2.13. The Morgan fingerprint density at radius 1 is 1.03 bits per heavy atom. The first-order valence-corrected chi connectivity index (χ1v) is 11.2. The van der Waals surface area contributed by atoms with E-state index in [1.807, 2.05) is 49.4 Å². The van der Waals surface area contributed by atoms with Gasteiger partial charge >= 0.3 is 5.97 Å². The smallest absolute Gasteiger partial charge is 0.336 e. The first-order chi connectivity index (χ1) is 16.0. The van der Waals surface area contributed by atoms with Gasteiger partial charge in [0.2, 0.25) is 0 Å². The molecule has 0 bridgehead atoms. The molecule has 6 heteroatoms. The summed E-state index contributed by atoms with van der Waals surface area (Å²) in [6, 6.07) is 15.4. The van der Waals surface area contributed by atoms with Crippen molar-refractivity contribution in [3.63, 3.8) is 0 Å². The normalized spacial score (nSPS) is 17.9. The molecule has 0 unspecified atom stereocenters. The first kappa shape index (κ1) is 22.6. The fraction of sp³-hybridized carbons (Fsp3) is 0.333. The SMILES string of the molecule is COc1ccc([C@@H]2C(C(=O)OCCc3ccccc3)=C(C)NC3=C2C(=O)CCC3)cc1OC. The summed E-state index contributed by atoms with van der Waals surface area (Å²) in [5.41, 5.74) is 4.61. The highest BCUT2D eigenvalue weighted by Gasteiger charge is 2.39. The lowest BCUT2D eigenvalue weighted by Gasteiger charge is -2.34. The first-order valence-electron chi connectivity index (χ1n) is 11.2. The van der Waals surface area contributed by atoms with Gasteiger partial charge in [-0.05, 0) is 43.0 Å². The maximum absolute atomic E-state index is 13.3. The molecule has 0 fully saturated rings. The van der Waals surface area contributed by atoms with E-state index in [4.69, 9.17) is 14.2 Å². The molecule has 0 saturated heterocycles. The van der Waals surface area contributed by atoms with Gasteiger partial charge in [-0.15, -0.1) is 0 Å². The molecule has 0 saturated carbocycles. The van der Waals surface area contributed by atoms with Crippen LogP contribution < -0.4 is 14.8 Å². The van der Waals surface area contributed by atoms with Gasteiger partial charge < -0.3 is 19.5 Å². The third-order valence-corrected chi connectivity index (χ3v) is 6.20. The van der Waals surface area contributed by atoms with Crippen molar-refractivity contribution in [2.45, 2.75) is 38.5 Å². The summed E-state index contributed by atoms with van der Waals surface area (Å²) in [7, 11) is 3.15. The van der Waals surface area contributed by atoms with Crippen molar-refractivity contribution in [2.75, 3.05) is 20.8 Å². The van der Waals surface area contributed by atoms with Crippen molar-refractivity contribution in [1.29, 1.82) is 0 Å². The molecule has 1 aliphatic heterocycles. The van der Waals surface area contributed by atoms with Gasteiger partial charge in [-0.25, -0.2) is 4.79 Å². The number of dihydropyridines is 1. The van der Waals surface area contributed by atoms with Crippen LogP contribution in [0.3, 0.4) is 0 Å². The fourth-order valence-corrected chi connectivity index (χ4v) is 4.60. The molecule has 1 atom stereocenters. The van der Waals surface area contributed by atoms with Crippen LogP contribution in [0.15, 0.2) is 71.1 Å². The standard InChI is InChI=1S/C27H29NO5/c1-17-24(27(30)33-15-14-18-8-5-4-6-9-18)25(26-20(28-17)10-7-11-21(26)29)19-12-13-22(31-2)23(16-19)32-3/h4-6,8-9,12-13,16,25,28H,7,10-11,14-15H2,1-3H3/t25-/m1/s1. The Balaban J connectivity index is 1.68. The zero-order chi connectivity index (χ0) is 23.4. The number of ketones is 1. The zero-order valence-electron chi connectivity index (χ0n) is 19.3. The molecule has 4 rings (SSSR count). The zero-order valence-corrected chi connectivity index (χ0v) is 19.3. The number of rotatable bonds is 7. The van der Waals surface area contributed by atoms with E-state index in [0.717, 1.165) is 29.7 Å². The van der Waals surface area contributed by atoms with Crippen molar-refractivity contribution >= 4 is 11.8 Å². The minimum Gasteiger partial charge on any atom is -0.493 e. The van der Waals surface area contributed by atoms with Crippen LogP contribution in [-0.4, -0.2) is 32.6 Å². The highest BCUT2D eigenvalue weighted by atomic mass is 16.5. The number of nitrogens with one attached hydrogen (secondary N) is 1. The van der Waals surface area contributed by atoms with Crippen LogP contribution in [0.4, 0.5) is 0 Å². The highest BCUT2D eigenvalue weighted by molar-refractivity contribution is 6.03. The molecule has 2 aromatic carbocycles. The number of ether oxygens (including phenoxy) is 3. The van der Waals surface area contributed by atoms with E-state index in [2.05, 4.69) is 5.32 Å². The van der Waals surface area contributed by atoms with Crippen molar-refractivity contribution < 1.29 is 23.8 Å². The number of Topliss-reactive ketones (excluding diaryl/α,β-unsaturated/α-hetero) is 1. The van der Waals surface area contributed by atoms with Crippen LogP contribution in [0.25, 0.3) is 0 Å².